The van der Waals surface area contributed by atoms with Gasteiger partial charge in [0.2, 0.25) is 0 Å². The maximum atomic E-state index is 5.23. The Hall–Kier alpha value is -7.49. The van der Waals surface area contributed by atoms with Crippen LogP contribution in [0.5, 0.6) is 0 Å². The molecule has 286 valence electrons. The quantitative estimate of drug-likeness (QED) is 0.179. The molecule has 0 spiro atoms. The third kappa shape index (κ3) is 6.01. The van der Waals surface area contributed by atoms with E-state index in [4.69, 9.17) is 4.99 Å². The van der Waals surface area contributed by atoms with Crippen LogP contribution >= 0.6 is 0 Å². The molecule has 9 aromatic rings. The van der Waals surface area contributed by atoms with Gasteiger partial charge in [0.25, 0.3) is 0 Å². The summed E-state index contributed by atoms with van der Waals surface area (Å²) in [7, 11) is 0. The first kappa shape index (κ1) is 35.7. The lowest BCUT2D eigenvalue weighted by molar-refractivity contribution is 0.660. The summed E-state index contributed by atoms with van der Waals surface area (Å²) in [5, 5.41) is 6.30. The second-order valence-electron chi connectivity index (χ2n) is 16.4. The van der Waals surface area contributed by atoms with E-state index in [2.05, 4.69) is 218 Å². The summed E-state index contributed by atoms with van der Waals surface area (Å²) in [5.74, 6) is 0.827. The largest absolute Gasteiger partial charge is 0.339 e. The van der Waals surface area contributed by atoms with E-state index in [0.29, 0.717) is 0 Å². The van der Waals surface area contributed by atoms with E-state index in [1.54, 1.807) is 0 Å². The van der Waals surface area contributed by atoms with Gasteiger partial charge < -0.3 is 9.88 Å². The Balaban J connectivity index is 1.000. The van der Waals surface area contributed by atoms with Gasteiger partial charge in [-0.3, -0.25) is 0 Å². The first-order valence-corrected chi connectivity index (χ1v) is 20.9. The second-order valence-corrected chi connectivity index (χ2v) is 16.4. The molecule has 1 N–H and O–H groups in total. The Labute approximate surface area is 351 Å². The van der Waals surface area contributed by atoms with Crippen LogP contribution in [0.15, 0.2) is 211 Å². The van der Waals surface area contributed by atoms with Crippen molar-refractivity contribution in [2.24, 2.45) is 4.99 Å². The molecule has 2 aliphatic rings. The molecule has 8 aromatic carbocycles. The number of rotatable bonds is 6. The lowest BCUT2D eigenvalue weighted by Crippen LogP contribution is -2.24. The normalized spacial score (nSPS) is 15.2. The molecule has 1 aliphatic carbocycles. The van der Waals surface area contributed by atoms with Crippen LogP contribution in [0.2, 0.25) is 0 Å². The van der Waals surface area contributed by atoms with Crippen molar-refractivity contribution < 1.29 is 0 Å². The zero-order chi connectivity index (χ0) is 40.2. The van der Waals surface area contributed by atoms with Crippen molar-refractivity contribution >= 4 is 39.0 Å². The van der Waals surface area contributed by atoms with E-state index < -0.39 is 0 Å². The maximum Gasteiger partial charge on any atom is 0.138 e. The molecule has 0 bridgehead atoms. The highest BCUT2D eigenvalue weighted by Gasteiger charge is 2.37. The molecule has 0 fully saturated rings. The van der Waals surface area contributed by atoms with Crippen molar-refractivity contribution in [2.75, 3.05) is 0 Å². The summed E-state index contributed by atoms with van der Waals surface area (Å²) in [6.45, 7) is 4.74. The smallest absolute Gasteiger partial charge is 0.138 e. The summed E-state index contributed by atoms with van der Waals surface area (Å²) in [4.78, 5) is 5.23. The van der Waals surface area contributed by atoms with Gasteiger partial charge in [0.1, 0.15) is 5.84 Å². The Morgan fingerprint density at radius 2 is 1.12 bits per heavy atom. The Kier molecular flexibility index (Phi) is 8.56. The minimum Gasteiger partial charge on any atom is -0.339 e. The van der Waals surface area contributed by atoms with Crippen molar-refractivity contribution in [3.63, 3.8) is 0 Å². The molecule has 3 heteroatoms. The van der Waals surface area contributed by atoms with E-state index in [0.717, 1.165) is 40.3 Å². The number of para-hydroxylation sites is 2. The summed E-state index contributed by atoms with van der Waals surface area (Å²) in [6, 6.07) is 70.2. The number of amidine groups is 1. The fourth-order valence-electron chi connectivity index (χ4n) is 9.46. The highest BCUT2D eigenvalue weighted by atomic mass is 15.0. The first-order chi connectivity index (χ1) is 29.5. The molecule has 1 aliphatic heterocycles. The molecule has 0 unspecified atom stereocenters. The average Bonchev–Trinajstić information content (AvgIpc) is 3.75. The predicted octanol–water partition coefficient (Wildman–Crippen LogP) is 14.2. The summed E-state index contributed by atoms with van der Waals surface area (Å²) < 4.78 is 2.38. The Morgan fingerprint density at radius 1 is 0.467 bits per heavy atom. The summed E-state index contributed by atoms with van der Waals surface area (Å²) >= 11 is 0. The molecule has 0 amide bonds. The van der Waals surface area contributed by atoms with Gasteiger partial charge in [-0.15, -0.1) is 0 Å². The molecular weight excluding hydrogens is 727 g/mol. The van der Waals surface area contributed by atoms with Gasteiger partial charge in [0, 0.05) is 33.1 Å². The Morgan fingerprint density at radius 3 is 1.93 bits per heavy atom. The third-order valence-electron chi connectivity index (χ3n) is 12.4. The van der Waals surface area contributed by atoms with Crippen LogP contribution < -0.4 is 5.32 Å². The van der Waals surface area contributed by atoms with Crippen molar-refractivity contribution in [3.8, 4) is 39.1 Å². The fraction of sp³-hybridized carbons (Fsp3) is 0.0702. The van der Waals surface area contributed by atoms with Gasteiger partial charge in [0.15, 0.2) is 0 Å². The number of benzene rings is 8. The number of allylic oxidation sites excluding steroid dienone is 2. The maximum absolute atomic E-state index is 5.23. The standard InChI is InChI=1S/C57H43N3/c1-57(2)49-33-31-40(41-32-34-54-47(36-41)46-25-12-13-30-53(46)60(54)44-23-10-5-11-24-44)37-48(49)55-45(26-15-27-50(55)57)42-21-14-22-43(35-42)52-29-16-28-51(38-17-6-3-7-18-38)58-56(59-52)39-19-8-4-9-20-39/h3-15,17-37H,16H2,1-2H3,(H,58,59)/b51-28-,52-29?. The van der Waals surface area contributed by atoms with E-state index in [9.17, 15) is 0 Å². The zero-order valence-corrected chi connectivity index (χ0v) is 33.7. The second kappa shape index (κ2) is 14.4. The van der Waals surface area contributed by atoms with Crippen molar-refractivity contribution in [2.45, 2.75) is 25.7 Å². The van der Waals surface area contributed by atoms with Crippen LogP contribution in [0, 0.1) is 0 Å². The van der Waals surface area contributed by atoms with E-state index in [-0.39, 0.29) is 5.41 Å². The fourth-order valence-corrected chi connectivity index (χ4v) is 9.46. The van der Waals surface area contributed by atoms with Gasteiger partial charge in [-0.2, -0.15) is 0 Å². The van der Waals surface area contributed by atoms with Gasteiger partial charge in [-0.25, -0.2) is 4.99 Å². The van der Waals surface area contributed by atoms with Crippen molar-refractivity contribution in [1.82, 2.24) is 9.88 Å². The van der Waals surface area contributed by atoms with Crippen LogP contribution in [0.3, 0.4) is 0 Å². The zero-order valence-electron chi connectivity index (χ0n) is 33.7. The number of nitrogens with zero attached hydrogens (tertiary/aromatic N) is 2. The molecular formula is C57H43N3. The monoisotopic (exact) mass is 769 g/mol. The van der Waals surface area contributed by atoms with Crippen LogP contribution in [0.1, 0.15) is 48.1 Å². The molecule has 2 heterocycles. The lowest BCUT2D eigenvalue weighted by atomic mass is 9.81. The molecule has 0 atom stereocenters. The number of fused-ring (bicyclic) bond motifs is 6. The van der Waals surface area contributed by atoms with Gasteiger partial charge in [-0.05, 0) is 105 Å². The number of hydrogen-bond donors (Lipinski definition) is 1. The topological polar surface area (TPSA) is 29.3 Å². The van der Waals surface area contributed by atoms with Crippen molar-refractivity contribution in [1.29, 1.82) is 0 Å². The predicted molar refractivity (Wildman–Crippen MR) is 252 cm³/mol. The average molecular weight is 770 g/mol. The molecule has 0 saturated carbocycles. The third-order valence-corrected chi connectivity index (χ3v) is 12.4. The van der Waals surface area contributed by atoms with Crippen LogP contribution in [0.25, 0.3) is 72.3 Å². The Bertz CT molecular complexity index is 3200. The van der Waals surface area contributed by atoms with Gasteiger partial charge in [-0.1, -0.05) is 178 Å². The number of hydrogen-bond acceptors (Lipinski definition) is 2. The minimum absolute atomic E-state index is 0.142. The minimum atomic E-state index is -0.142. The van der Waals surface area contributed by atoms with Gasteiger partial charge in [0.05, 0.1) is 16.7 Å². The van der Waals surface area contributed by atoms with E-state index in [1.807, 2.05) is 12.1 Å². The van der Waals surface area contributed by atoms with Crippen LogP contribution in [0.4, 0.5) is 0 Å². The van der Waals surface area contributed by atoms with Crippen molar-refractivity contribution in [3.05, 3.63) is 234 Å². The van der Waals surface area contributed by atoms with E-state index in [1.165, 1.54) is 72.0 Å². The SMILES string of the molecule is CC1(C)c2ccc(-c3ccc4c(c3)c3ccccc3n4-c3ccccc3)cc2-c2c(-c3cccc(C4=CC/C=C(/c5ccccc5)N=C(c5ccccc5)N4)c3)cccc21. The van der Waals surface area contributed by atoms with Crippen LogP contribution in [-0.2, 0) is 5.41 Å². The van der Waals surface area contributed by atoms with Crippen LogP contribution in [-0.4, -0.2) is 10.4 Å². The molecule has 60 heavy (non-hydrogen) atoms. The molecule has 11 rings (SSSR count). The number of aromatic nitrogens is 1. The van der Waals surface area contributed by atoms with E-state index >= 15 is 0 Å². The molecule has 3 nitrogen and oxygen atoms in total. The molecule has 0 saturated heterocycles. The highest BCUT2D eigenvalue weighted by molar-refractivity contribution is 6.11. The first-order valence-electron chi connectivity index (χ1n) is 20.9. The highest BCUT2D eigenvalue weighted by Crippen LogP contribution is 2.53. The van der Waals surface area contributed by atoms with Gasteiger partial charge >= 0.3 is 0 Å². The summed E-state index contributed by atoms with van der Waals surface area (Å²) in [6.07, 6.45) is 5.27. The summed E-state index contributed by atoms with van der Waals surface area (Å²) in [5.41, 5.74) is 19.0. The number of nitrogens with one attached hydrogen (secondary N) is 1. The number of aliphatic imine (C=N–C) groups is 1. The molecule has 1 aromatic heterocycles. The lowest BCUT2D eigenvalue weighted by Gasteiger charge is -2.22. The molecule has 0 radical (unpaired) electrons.